The highest BCUT2D eigenvalue weighted by atomic mass is 32.1. The van der Waals surface area contributed by atoms with Crippen LogP contribution in [0, 0.1) is 5.92 Å². The summed E-state index contributed by atoms with van der Waals surface area (Å²) in [5, 5.41) is 15.0. The Morgan fingerprint density at radius 3 is 2.32 bits per heavy atom. The second-order valence-corrected chi connectivity index (χ2v) is 9.59. The van der Waals surface area contributed by atoms with Crippen LogP contribution < -0.4 is 10.6 Å². The topological polar surface area (TPSA) is 118 Å². The number of amides is 2. The third-order valence-electron chi connectivity index (χ3n) is 6.33. The first-order chi connectivity index (χ1) is 16.5. The molecule has 34 heavy (non-hydrogen) atoms. The lowest BCUT2D eigenvalue weighted by Gasteiger charge is -2.32. The van der Waals surface area contributed by atoms with Crippen LogP contribution in [0.3, 0.4) is 0 Å². The zero-order chi connectivity index (χ0) is 23.7. The summed E-state index contributed by atoms with van der Waals surface area (Å²) >= 11 is 1.18. The smallest absolute Gasteiger partial charge is 0.407 e. The van der Waals surface area contributed by atoms with Crippen LogP contribution >= 0.6 is 11.3 Å². The number of aliphatic carboxylic acids is 1. The number of ether oxygens (including phenoxy) is 1. The maximum atomic E-state index is 12.3. The standard InChI is InChI=1S/C25H23N3O5S/c29-23(28-15-9-14(10-15)24(30)31)21-11-26-22(34-21)12-27-25(32)33-13-20-18-7-3-1-5-16(18)17-6-2-4-8-19(17)20/h1-8,11,14-15,20H,9-10,12-13H2,(H,27,32)(H,28,29)(H,30,31). The Kier molecular flexibility index (Phi) is 6.02. The molecule has 1 aromatic heterocycles. The third-order valence-corrected chi connectivity index (χ3v) is 7.32. The molecule has 1 heterocycles. The molecule has 1 saturated carbocycles. The predicted molar refractivity (Wildman–Crippen MR) is 126 cm³/mol. The number of rotatable bonds is 7. The van der Waals surface area contributed by atoms with Crippen LogP contribution in [-0.4, -0.2) is 40.7 Å². The lowest BCUT2D eigenvalue weighted by Crippen LogP contribution is -2.46. The highest BCUT2D eigenvalue weighted by Gasteiger charge is 2.35. The molecule has 3 aromatic rings. The lowest BCUT2D eigenvalue weighted by molar-refractivity contribution is -0.145. The first-order valence-electron chi connectivity index (χ1n) is 11.1. The summed E-state index contributed by atoms with van der Waals surface area (Å²) in [7, 11) is 0. The molecule has 174 valence electrons. The van der Waals surface area contributed by atoms with Crippen LogP contribution in [0.1, 0.15) is 44.6 Å². The van der Waals surface area contributed by atoms with Crippen molar-refractivity contribution in [2.75, 3.05) is 6.61 Å². The fourth-order valence-corrected chi connectivity index (χ4v) is 5.25. The Bertz CT molecular complexity index is 1210. The van der Waals surface area contributed by atoms with Crippen LogP contribution in [0.5, 0.6) is 0 Å². The Labute approximate surface area is 200 Å². The molecule has 1 fully saturated rings. The van der Waals surface area contributed by atoms with E-state index in [1.807, 2.05) is 24.3 Å². The van der Waals surface area contributed by atoms with E-state index in [9.17, 15) is 14.4 Å². The fourth-order valence-electron chi connectivity index (χ4n) is 4.49. The number of carboxylic acid groups (broad SMARTS) is 1. The monoisotopic (exact) mass is 477 g/mol. The Hall–Kier alpha value is -3.72. The van der Waals surface area contributed by atoms with Gasteiger partial charge < -0.3 is 20.5 Å². The number of aromatic nitrogens is 1. The minimum atomic E-state index is -0.829. The zero-order valence-corrected chi connectivity index (χ0v) is 19.0. The van der Waals surface area contributed by atoms with Crippen LogP contribution in [-0.2, 0) is 16.1 Å². The maximum absolute atomic E-state index is 12.3. The molecule has 0 bridgehead atoms. The fraction of sp³-hybridized carbons (Fsp3) is 0.280. The van der Waals surface area contributed by atoms with Crippen molar-refractivity contribution in [1.82, 2.24) is 15.6 Å². The number of fused-ring (bicyclic) bond motifs is 3. The summed E-state index contributed by atoms with van der Waals surface area (Å²) in [5.74, 6) is -1.51. The number of nitrogens with zero attached hydrogens (tertiary/aromatic N) is 1. The van der Waals surface area contributed by atoms with Gasteiger partial charge in [-0.3, -0.25) is 9.59 Å². The highest BCUT2D eigenvalue weighted by molar-refractivity contribution is 7.13. The van der Waals surface area contributed by atoms with Gasteiger partial charge in [-0.05, 0) is 35.1 Å². The van der Waals surface area contributed by atoms with Gasteiger partial charge in [-0.25, -0.2) is 9.78 Å². The molecular weight excluding hydrogens is 454 g/mol. The minimum absolute atomic E-state index is 0.0134. The van der Waals surface area contributed by atoms with Crippen LogP contribution in [0.2, 0.25) is 0 Å². The van der Waals surface area contributed by atoms with E-state index in [0.717, 1.165) is 11.1 Å². The molecule has 0 radical (unpaired) electrons. The number of hydrogen-bond acceptors (Lipinski definition) is 6. The normalized spacial score (nSPS) is 18.4. The largest absolute Gasteiger partial charge is 0.481 e. The van der Waals surface area contributed by atoms with Crippen molar-refractivity contribution in [3.05, 3.63) is 75.7 Å². The molecule has 0 unspecified atom stereocenters. The minimum Gasteiger partial charge on any atom is -0.481 e. The van der Waals surface area contributed by atoms with Gasteiger partial charge in [0.15, 0.2) is 0 Å². The molecule has 9 heteroatoms. The maximum Gasteiger partial charge on any atom is 0.407 e. The average Bonchev–Trinajstić information content (AvgIpc) is 3.41. The van der Waals surface area contributed by atoms with E-state index in [-0.39, 0.29) is 36.9 Å². The van der Waals surface area contributed by atoms with Gasteiger partial charge >= 0.3 is 12.1 Å². The summed E-state index contributed by atoms with van der Waals surface area (Å²) < 4.78 is 5.52. The van der Waals surface area contributed by atoms with Gasteiger partial charge in [0, 0.05) is 12.0 Å². The Morgan fingerprint density at radius 1 is 1.03 bits per heavy atom. The number of nitrogens with one attached hydrogen (secondary N) is 2. The molecule has 0 spiro atoms. The molecule has 3 N–H and O–H groups in total. The summed E-state index contributed by atoms with van der Waals surface area (Å²) in [4.78, 5) is 40.1. The zero-order valence-electron chi connectivity index (χ0n) is 18.2. The first-order valence-corrected chi connectivity index (χ1v) is 11.9. The average molecular weight is 478 g/mol. The molecule has 0 aliphatic heterocycles. The van der Waals surface area contributed by atoms with E-state index >= 15 is 0 Å². The summed E-state index contributed by atoms with van der Waals surface area (Å²) in [6, 6.07) is 16.2. The molecule has 0 atom stereocenters. The number of benzene rings is 2. The van der Waals surface area contributed by atoms with Gasteiger partial charge in [-0.15, -0.1) is 11.3 Å². The van der Waals surface area contributed by atoms with E-state index in [0.29, 0.717) is 22.7 Å². The molecule has 8 nitrogen and oxygen atoms in total. The SMILES string of the molecule is O=C(NCc1ncc(C(=O)NC2CC(C(=O)O)C2)s1)OCC1c2ccccc2-c2ccccc21. The molecule has 0 saturated heterocycles. The second kappa shape index (κ2) is 9.26. The van der Waals surface area contributed by atoms with Crippen LogP contribution in [0.15, 0.2) is 54.7 Å². The van der Waals surface area contributed by atoms with E-state index < -0.39 is 12.1 Å². The van der Waals surface area contributed by atoms with Crippen LogP contribution in [0.25, 0.3) is 11.1 Å². The van der Waals surface area contributed by atoms with E-state index in [2.05, 4.69) is 39.9 Å². The highest BCUT2D eigenvalue weighted by Crippen LogP contribution is 2.44. The summed E-state index contributed by atoms with van der Waals surface area (Å²) in [6.45, 7) is 0.378. The quantitative estimate of drug-likeness (QED) is 0.477. The first kappa shape index (κ1) is 22.1. The van der Waals surface area contributed by atoms with E-state index in [4.69, 9.17) is 9.84 Å². The van der Waals surface area contributed by atoms with Crippen molar-refractivity contribution in [2.24, 2.45) is 5.92 Å². The molecule has 2 aliphatic carbocycles. The van der Waals surface area contributed by atoms with Crippen molar-refractivity contribution >= 4 is 29.3 Å². The summed E-state index contributed by atoms with van der Waals surface area (Å²) in [6.07, 6.45) is 1.80. The molecule has 2 amide bonds. The van der Waals surface area contributed by atoms with Crippen molar-refractivity contribution in [3.63, 3.8) is 0 Å². The summed E-state index contributed by atoms with van der Waals surface area (Å²) in [5.41, 5.74) is 4.63. The van der Waals surface area contributed by atoms with Crippen LogP contribution in [0.4, 0.5) is 4.79 Å². The van der Waals surface area contributed by atoms with E-state index in [1.54, 1.807) is 0 Å². The van der Waals surface area contributed by atoms with Crippen molar-refractivity contribution < 1.29 is 24.2 Å². The number of hydrogen-bond donors (Lipinski definition) is 3. The molecule has 2 aromatic carbocycles. The lowest BCUT2D eigenvalue weighted by atomic mass is 9.80. The van der Waals surface area contributed by atoms with Gasteiger partial charge in [0.1, 0.15) is 16.5 Å². The number of carbonyl (C=O) groups is 3. The predicted octanol–water partition coefficient (Wildman–Crippen LogP) is 3.77. The van der Waals surface area contributed by atoms with Crippen molar-refractivity contribution in [1.29, 1.82) is 0 Å². The number of thiazole rings is 1. The number of carbonyl (C=O) groups excluding carboxylic acids is 2. The molecule has 5 rings (SSSR count). The molecular formula is C25H23N3O5S. The van der Waals surface area contributed by atoms with E-state index in [1.165, 1.54) is 28.7 Å². The third kappa shape index (κ3) is 4.38. The Morgan fingerprint density at radius 2 is 1.68 bits per heavy atom. The number of carboxylic acids is 1. The van der Waals surface area contributed by atoms with Gasteiger partial charge in [-0.1, -0.05) is 48.5 Å². The van der Waals surface area contributed by atoms with Gasteiger partial charge in [-0.2, -0.15) is 0 Å². The van der Waals surface area contributed by atoms with Crippen molar-refractivity contribution in [3.8, 4) is 11.1 Å². The van der Waals surface area contributed by atoms with Gasteiger partial charge in [0.2, 0.25) is 0 Å². The Balaban J connectivity index is 1.11. The van der Waals surface area contributed by atoms with Gasteiger partial charge in [0.05, 0.1) is 18.7 Å². The van der Waals surface area contributed by atoms with Crippen molar-refractivity contribution in [2.45, 2.75) is 31.3 Å². The van der Waals surface area contributed by atoms with Gasteiger partial charge in [0.25, 0.3) is 5.91 Å². The second-order valence-electron chi connectivity index (χ2n) is 8.47. The molecule has 2 aliphatic rings. The number of alkyl carbamates (subject to hydrolysis) is 1.